The first-order valence-corrected chi connectivity index (χ1v) is 11.9. The summed E-state index contributed by atoms with van der Waals surface area (Å²) in [5.74, 6) is 1.62. The molecule has 0 saturated carbocycles. The molecule has 1 amide bonds. The van der Waals surface area contributed by atoms with Crippen LogP contribution in [0.1, 0.15) is 64.5 Å². The fourth-order valence-electron chi connectivity index (χ4n) is 4.59. The average Bonchev–Trinajstić information content (AvgIpc) is 3.15. The zero-order valence-electron chi connectivity index (χ0n) is 19.7. The van der Waals surface area contributed by atoms with E-state index in [9.17, 15) is 4.79 Å². The van der Waals surface area contributed by atoms with Crippen LogP contribution in [0.4, 0.5) is 0 Å². The second-order valence-corrected chi connectivity index (χ2v) is 9.87. The average molecular weight is 429 g/mol. The van der Waals surface area contributed by atoms with E-state index in [1.54, 1.807) is 0 Å². The minimum absolute atomic E-state index is 0.143. The van der Waals surface area contributed by atoms with Gasteiger partial charge in [0.2, 0.25) is 5.91 Å². The van der Waals surface area contributed by atoms with Gasteiger partial charge in [0.1, 0.15) is 0 Å². The molecule has 0 aliphatic carbocycles. The highest BCUT2D eigenvalue weighted by atomic mass is 16.5. The maximum Gasteiger partial charge on any atom is 0.222 e. The van der Waals surface area contributed by atoms with Crippen LogP contribution < -0.4 is 10.6 Å². The maximum atomic E-state index is 11.8. The van der Waals surface area contributed by atoms with Crippen molar-refractivity contribution in [1.82, 2.24) is 15.5 Å². The van der Waals surface area contributed by atoms with Crippen LogP contribution in [0.15, 0.2) is 29.3 Å². The van der Waals surface area contributed by atoms with E-state index in [0.29, 0.717) is 25.4 Å². The van der Waals surface area contributed by atoms with E-state index in [-0.39, 0.29) is 17.4 Å². The van der Waals surface area contributed by atoms with Gasteiger partial charge < -0.3 is 20.3 Å². The lowest BCUT2D eigenvalue weighted by atomic mass is 9.78. The number of hydrogen-bond acceptors (Lipinski definition) is 3. The highest BCUT2D eigenvalue weighted by molar-refractivity contribution is 5.79. The zero-order chi connectivity index (χ0) is 22.3. The number of benzene rings is 1. The number of carbonyl (C=O) groups excluding carboxylic acids is 1. The standard InChI is InChI=1S/C25H40N4O2/c1-5-26-24(28-17-21-8-7-15-31-23(21)25(2,3)4)27-16-19-10-12-20(13-11-19)18-29-14-6-9-22(29)30/h10-13,21,23H,5-9,14-18H2,1-4H3,(H2,26,27,28). The first-order chi connectivity index (χ1) is 14.9. The Bertz CT molecular complexity index is 739. The Labute approximate surface area is 187 Å². The summed E-state index contributed by atoms with van der Waals surface area (Å²) in [7, 11) is 0. The summed E-state index contributed by atoms with van der Waals surface area (Å²) < 4.78 is 6.12. The molecular formula is C25H40N4O2. The molecule has 0 spiro atoms. The first kappa shape index (κ1) is 23.6. The van der Waals surface area contributed by atoms with Crippen LogP contribution >= 0.6 is 0 Å². The van der Waals surface area contributed by atoms with Gasteiger partial charge in [-0.1, -0.05) is 45.0 Å². The monoisotopic (exact) mass is 428 g/mol. The number of hydrogen-bond donors (Lipinski definition) is 2. The van der Waals surface area contributed by atoms with Crippen LogP contribution in [0.3, 0.4) is 0 Å². The van der Waals surface area contributed by atoms with Gasteiger partial charge in [0.15, 0.2) is 5.96 Å². The summed E-state index contributed by atoms with van der Waals surface area (Å²) >= 11 is 0. The summed E-state index contributed by atoms with van der Waals surface area (Å²) in [6.45, 7) is 13.7. The van der Waals surface area contributed by atoms with E-state index in [0.717, 1.165) is 45.0 Å². The lowest BCUT2D eigenvalue weighted by Crippen LogP contribution is -2.47. The molecule has 0 aromatic heterocycles. The van der Waals surface area contributed by atoms with Gasteiger partial charge in [0.25, 0.3) is 0 Å². The molecule has 6 heteroatoms. The molecular weight excluding hydrogens is 388 g/mol. The van der Waals surface area contributed by atoms with Crippen molar-refractivity contribution < 1.29 is 9.53 Å². The second kappa shape index (κ2) is 11.0. The van der Waals surface area contributed by atoms with Crippen molar-refractivity contribution in [2.45, 2.75) is 72.6 Å². The van der Waals surface area contributed by atoms with Gasteiger partial charge in [-0.05, 0) is 42.7 Å². The summed E-state index contributed by atoms with van der Waals surface area (Å²) in [5, 5.41) is 6.91. The third-order valence-corrected chi connectivity index (χ3v) is 6.16. The molecule has 2 fully saturated rings. The summed E-state index contributed by atoms with van der Waals surface area (Å²) in [6.07, 6.45) is 4.26. The third kappa shape index (κ3) is 6.96. The van der Waals surface area contributed by atoms with Gasteiger partial charge in [-0.25, -0.2) is 4.99 Å². The van der Waals surface area contributed by atoms with Gasteiger partial charge in [-0.2, -0.15) is 0 Å². The minimum Gasteiger partial charge on any atom is -0.377 e. The Hall–Kier alpha value is -2.08. The predicted molar refractivity (Wildman–Crippen MR) is 126 cm³/mol. The van der Waals surface area contributed by atoms with Gasteiger partial charge in [0, 0.05) is 45.1 Å². The van der Waals surface area contributed by atoms with E-state index >= 15 is 0 Å². The molecule has 172 valence electrons. The highest BCUT2D eigenvalue weighted by Crippen LogP contribution is 2.33. The Morgan fingerprint density at radius 2 is 1.90 bits per heavy atom. The van der Waals surface area contributed by atoms with Crippen molar-refractivity contribution in [3.63, 3.8) is 0 Å². The smallest absolute Gasteiger partial charge is 0.222 e. The number of rotatable bonds is 7. The van der Waals surface area contributed by atoms with Gasteiger partial charge in [-0.3, -0.25) is 4.79 Å². The fourth-order valence-corrected chi connectivity index (χ4v) is 4.59. The molecule has 1 aromatic carbocycles. The molecule has 2 aliphatic heterocycles. The Morgan fingerprint density at radius 1 is 1.16 bits per heavy atom. The predicted octanol–water partition coefficient (Wildman–Crippen LogP) is 3.71. The highest BCUT2D eigenvalue weighted by Gasteiger charge is 2.35. The van der Waals surface area contributed by atoms with Crippen molar-refractivity contribution in [2.75, 3.05) is 26.2 Å². The lowest BCUT2D eigenvalue weighted by molar-refractivity contribution is -0.128. The topological polar surface area (TPSA) is 66.0 Å². The summed E-state index contributed by atoms with van der Waals surface area (Å²) in [4.78, 5) is 18.6. The van der Waals surface area contributed by atoms with Gasteiger partial charge >= 0.3 is 0 Å². The SMILES string of the molecule is CCNC(=NCc1ccc(CN2CCCC2=O)cc1)NCC1CCCOC1C(C)(C)C. The first-order valence-electron chi connectivity index (χ1n) is 11.9. The summed E-state index contributed by atoms with van der Waals surface area (Å²) in [5.41, 5.74) is 2.49. The molecule has 2 N–H and O–H groups in total. The number of amides is 1. The molecule has 2 atom stereocenters. The Morgan fingerprint density at radius 3 is 2.55 bits per heavy atom. The second-order valence-electron chi connectivity index (χ2n) is 9.87. The largest absolute Gasteiger partial charge is 0.377 e. The third-order valence-electron chi connectivity index (χ3n) is 6.16. The molecule has 2 unspecified atom stereocenters. The summed E-state index contributed by atoms with van der Waals surface area (Å²) in [6, 6.07) is 8.47. The molecule has 0 radical (unpaired) electrons. The van der Waals surface area contributed by atoms with Crippen molar-refractivity contribution in [3.8, 4) is 0 Å². The molecule has 3 rings (SSSR count). The number of aliphatic imine (C=N–C) groups is 1. The molecule has 1 aromatic rings. The van der Waals surface area contributed by atoms with E-state index in [1.807, 2.05) is 4.90 Å². The van der Waals surface area contributed by atoms with Gasteiger partial charge in [-0.15, -0.1) is 0 Å². The van der Waals surface area contributed by atoms with Crippen LogP contribution in [-0.2, 0) is 22.6 Å². The minimum atomic E-state index is 0.143. The van der Waals surface area contributed by atoms with Crippen LogP contribution in [-0.4, -0.2) is 49.1 Å². The van der Waals surface area contributed by atoms with Crippen molar-refractivity contribution >= 4 is 11.9 Å². The van der Waals surface area contributed by atoms with Crippen LogP contribution in [0.2, 0.25) is 0 Å². The van der Waals surface area contributed by atoms with E-state index in [4.69, 9.17) is 9.73 Å². The van der Waals surface area contributed by atoms with Crippen molar-refractivity contribution in [1.29, 1.82) is 0 Å². The Kier molecular flexibility index (Phi) is 8.35. The fraction of sp³-hybridized carbons (Fsp3) is 0.680. The zero-order valence-corrected chi connectivity index (χ0v) is 19.7. The normalized spacial score (nSPS) is 22.6. The van der Waals surface area contributed by atoms with Gasteiger partial charge in [0.05, 0.1) is 12.6 Å². The molecule has 31 heavy (non-hydrogen) atoms. The Balaban J connectivity index is 1.54. The van der Waals surface area contributed by atoms with E-state index in [1.165, 1.54) is 17.5 Å². The number of ether oxygens (including phenoxy) is 1. The van der Waals surface area contributed by atoms with Crippen LogP contribution in [0, 0.1) is 11.3 Å². The number of nitrogens with zero attached hydrogens (tertiary/aromatic N) is 2. The van der Waals surface area contributed by atoms with E-state index < -0.39 is 0 Å². The van der Waals surface area contributed by atoms with E-state index in [2.05, 4.69) is 62.6 Å². The number of likely N-dealkylation sites (tertiary alicyclic amines) is 1. The number of carbonyl (C=O) groups is 1. The van der Waals surface area contributed by atoms with Crippen molar-refractivity contribution in [3.05, 3.63) is 35.4 Å². The lowest BCUT2D eigenvalue weighted by Gasteiger charge is -2.40. The van der Waals surface area contributed by atoms with Crippen molar-refractivity contribution in [2.24, 2.45) is 16.3 Å². The maximum absolute atomic E-state index is 11.8. The number of guanidine groups is 1. The molecule has 0 bridgehead atoms. The molecule has 2 saturated heterocycles. The quantitative estimate of drug-likeness (QED) is 0.513. The molecule has 2 aliphatic rings. The number of nitrogens with one attached hydrogen (secondary N) is 2. The molecule has 2 heterocycles. The van der Waals surface area contributed by atoms with Crippen LogP contribution in [0.5, 0.6) is 0 Å². The van der Waals surface area contributed by atoms with Crippen LogP contribution in [0.25, 0.3) is 0 Å². The molecule has 6 nitrogen and oxygen atoms in total.